The number of nitrogens with zero attached hydrogens (tertiary/aromatic N) is 1. The van der Waals surface area contributed by atoms with E-state index >= 15 is 0 Å². The topological polar surface area (TPSA) is 172 Å². The second-order valence-electron chi connectivity index (χ2n) is 9.73. The summed E-state index contributed by atoms with van der Waals surface area (Å²) in [4.78, 5) is 73.9. The lowest BCUT2D eigenvalue weighted by Crippen LogP contribution is -2.54. The van der Waals surface area contributed by atoms with Crippen molar-refractivity contribution in [2.45, 2.75) is 70.4 Å². The second kappa shape index (κ2) is 13.0. The van der Waals surface area contributed by atoms with Crippen LogP contribution in [0.3, 0.4) is 0 Å². The van der Waals surface area contributed by atoms with E-state index in [1.807, 2.05) is 0 Å². The largest absolute Gasteiger partial charge is 0.502 e. The van der Waals surface area contributed by atoms with Crippen LogP contribution in [-0.2, 0) is 25.7 Å². The quantitative estimate of drug-likeness (QED) is 0.190. The zero-order chi connectivity index (χ0) is 28.6. The Morgan fingerprint density at radius 1 is 1.05 bits per heavy atom. The van der Waals surface area contributed by atoms with Crippen molar-refractivity contribution in [1.29, 1.82) is 0 Å². The fraction of sp³-hybridized carbons (Fsp3) is 0.429. The first kappa shape index (κ1) is 28.5. The van der Waals surface area contributed by atoms with E-state index in [2.05, 4.69) is 10.6 Å². The van der Waals surface area contributed by atoms with Crippen LogP contribution in [0.1, 0.15) is 84.3 Å². The van der Waals surface area contributed by atoms with E-state index in [0.29, 0.717) is 18.7 Å². The average Bonchev–Trinajstić information content (AvgIpc) is 3.18. The summed E-state index contributed by atoms with van der Waals surface area (Å²) >= 11 is 0. The molecule has 0 spiro atoms. The highest BCUT2D eigenvalue weighted by Crippen LogP contribution is 2.32. The number of nitrogens with one attached hydrogen (secondary N) is 2. The van der Waals surface area contributed by atoms with Gasteiger partial charge in [0.15, 0.2) is 5.75 Å². The number of carbonyl (C=O) groups excluding carboxylic acids is 5. The van der Waals surface area contributed by atoms with Crippen LogP contribution >= 0.6 is 0 Å². The van der Waals surface area contributed by atoms with Gasteiger partial charge in [0.1, 0.15) is 24.7 Å². The molecule has 12 heteroatoms. The zero-order valence-corrected chi connectivity index (χ0v) is 21.9. The van der Waals surface area contributed by atoms with Gasteiger partial charge in [-0.1, -0.05) is 31.7 Å². The van der Waals surface area contributed by atoms with Crippen molar-refractivity contribution in [3.63, 3.8) is 0 Å². The van der Waals surface area contributed by atoms with Crippen molar-refractivity contribution in [2.75, 3.05) is 11.9 Å². The Morgan fingerprint density at radius 2 is 1.80 bits per heavy atom. The number of hydrogen-bond donors (Lipinski definition) is 3. The SMILES string of the molecule is O=C1CCC(N2C(=O)c3cccc(NCCCCCCCCC(=O)OCc4cc(=O)c(O)co4)c3C2=O)C(=O)N1. The molecule has 0 aliphatic carbocycles. The van der Waals surface area contributed by atoms with Gasteiger partial charge in [0.25, 0.3) is 11.8 Å². The third-order valence-electron chi connectivity index (χ3n) is 6.83. The molecule has 2 aliphatic rings. The molecule has 12 nitrogen and oxygen atoms in total. The Hall–Kier alpha value is -4.48. The number of piperidine rings is 1. The lowest BCUT2D eigenvalue weighted by atomic mass is 10.0. The van der Waals surface area contributed by atoms with Crippen molar-refractivity contribution in [3.05, 3.63) is 57.6 Å². The van der Waals surface area contributed by atoms with E-state index in [9.17, 15) is 28.8 Å². The average molecular weight is 554 g/mol. The van der Waals surface area contributed by atoms with Crippen molar-refractivity contribution in [3.8, 4) is 5.75 Å². The van der Waals surface area contributed by atoms with Crippen LogP contribution in [0.5, 0.6) is 5.75 Å². The number of fused-ring (bicyclic) bond motifs is 1. The van der Waals surface area contributed by atoms with E-state index < -0.39 is 40.8 Å². The summed E-state index contributed by atoms with van der Waals surface area (Å²) in [6, 6.07) is 5.06. The molecule has 0 bridgehead atoms. The summed E-state index contributed by atoms with van der Waals surface area (Å²) in [6.45, 7) is 0.427. The van der Waals surface area contributed by atoms with Gasteiger partial charge in [-0.15, -0.1) is 0 Å². The molecule has 2 aromatic rings. The van der Waals surface area contributed by atoms with Crippen LogP contribution < -0.4 is 16.1 Å². The van der Waals surface area contributed by atoms with Gasteiger partial charge in [-0.3, -0.25) is 39.0 Å². The number of imide groups is 2. The number of anilines is 1. The number of hydrogen-bond acceptors (Lipinski definition) is 10. The number of esters is 1. The first-order valence-corrected chi connectivity index (χ1v) is 13.3. The van der Waals surface area contributed by atoms with Gasteiger partial charge < -0.3 is 19.6 Å². The number of ether oxygens (including phenoxy) is 1. The normalized spacial score (nSPS) is 16.6. The van der Waals surface area contributed by atoms with E-state index in [-0.39, 0.29) is 48.7 Å². The summed E-state index contributed by atoms with van der Waals surface area (Å²) in [5, 5.41) is 14.6. The maximum absolute atomic E-state index is 13.1. The standard InChI is InChI=1S/C28H31N3O9/c32-21-14-17(39-16-22(21)33)15-40-24(35)10-5-3-1-2-4-6-13-29-19-9-7-8-18-25(19)28(38)31(27(18)37)20-11-12-23(34)30-26(20)36/h7-9,14,16,20,29,33H,1-6,10-13,15H2,(H,30,34,36). The van der Waals surface area contributed by atoms with Crippen LogP contribution in [0.15, 0.2) is 39.7 Å². The third kappa shape index (κ3) is 6.74. The first-order valence-electron chi connectivity index (χ1n) is 13.3. The molecule has 4 amide bonds. The molecule has 2 aliphatic heterocycles. The molecule has 1 aromatic carbocycles. The van der Waals surface area contributed by atoms with Crippen molar-refractivity contribution < 1.29 is 38.2 Å². The van der Waals surface area contributed by atoms with Gasteiger partial charge in [0.2, 0.25) is 17.2 Å². The van der Waals surface area contributed by atoms with E-state index in [4.69, 9.17) is 14.3 Å². The highest BCUT2D eigenvalue weighted by molar-refractivity contribution is 6.25. The summed E-state index contributed by atoms with van der Waals surface area (Å²) in [5.74, 6) is -2.85. The van der Waals surface area contributed by atoms with Crippen molar-refractivity contribution in [1.82, 2.24) is 10.2 Å². The molecule has 1 saturated heterocycles. The minimum Gasteiger partial charge on any atom is -0.502 e. The molecule has 3 N–H and O–H groups in total. The summed E-state index contributed by atoms with van der Waals surface area (Å²) in [6.07, 6.45) is 6.54. The molecule has 1 atom stereocenters. The molecule has 0 saturated carbocycles. The van der Waals surface area contributed by atoms with Crippen molar-refractivity contribution >= 4 is 35.3 Å². The number of unbranched alkanes of at least 4 members (excludes halogenated alkanes) is 5. The number of aromatic hydroxyl groups is 1. The number of benzene rings is 1. The summed E-state index contributed by atoms with van der Waals surface area (Å²) in [5.41, 5.74) is 0.429. The molecule has 1 fully saturated rings. The van der Waals surface area contributed by atoms with Crippen LogP contribution in [0.4, 0.5) is 5.69 Å². The fourth-order valence-corrected chi connectivity index (χ4v) is 4.73. The molecule has 212 valence electrons. The van der Waals surface area contributed by atoms with Crippen LogP contribution in [-0.4, -0.2) is 52.2 Å². The Morgan fingerprint density at radius 3 is 2.55 bits per heavy atom. The van der Waals surface area contributed by atoms with Crippen LogP contribution in [0.25, 0.3) is 0 Å². The molecule has 4 rings (SSSR count). The smallest absolute Gasteiger partial charge is 0.306 e. The molecule has 40 heavy (non-hydrogen) atoms. The molecular formula is C28H31N3O9. The molecule has 1 unspecified atom stereocenters. The third-order valence-corrected chi connectivity index (χ3v) is 6.83. The second-order valence-corrected chi connectivity index (χ2v) is 9.73. The van der Waals surface area contributed by atoms with Gasteiger partial charge in [-0.05, 0) is 31.4 Å². The Bertz CT molecular complexity index is 1370. The first-order chi connectivity index (χ1) is 19.3. The highest BCUT2D eigenvalue weighted by Gasteiger charge is 2.45. The van der Waals surface area contributed by atoms with Gasteiger partial charge in [0, 0.05) is 31.1 Å². The van der Waals surface area contributed by atoms with E-state index in [1.54, 1.807) is 18.2 Å². The molecule has 3 heterocycles. The number of carbonyl (C=O) groups is 5. The Labute approximate surface area is 229 Å². The van der Waals surface area contributed by atoms with Crippen molar-refractivity contribution in [2.24, 2.45) is 0 Å². The minimum atomic E-state index is -0.999. The Balaban J connectivity index is 1.12. The maximum atomic E-state index is 13.1. The zero-order valence-electron chi connectivity index (χ0n) is 21.9. The van der Waals surface area contributed by atoms with Crippen LogP contribution in [0.2, 0.25) is 0 Å². The lowest BCUT2D eigenvalue weighted by molar-refractivity contribution is -0.145. The molecular weight excluding hydrogens is 522 g/mol. The monoisotopic (exact) mass is 553 g/mol. The van der Waals surface area contributed by atoms with Gasteiger partial charge >= 0.3 is 5.97 Å². The summed E-state index contributed by atoms with van der Waals surface area (Å²) < 4.78 is 10.1. The highest BCUT2D eigenvalue weighted by atomic mass is 16.5. The molecule has 1 aromatic heterocycles. The summed E-state index contributed by atoms with van der Waals surface area (Å²) in [7, 11) is 0. The molecule has 0 radical (unpaired) electrons. The lowest BCUT2D eigenvalue weighted by Gasteiger charge is -2.27. The number of amides is 4. The maximum Gasteiger partial charge on any atom is 0.306 e. The minimum absolute atomic E-state index is 0.0702. The predicted octanol–water partition coefficient (Wildman–Crippen LogP) is 2.63. The van der Waals surface area contributed by atoms with Gasteiger partial charge in [0.05, 0.1) is 11.1 Å². The number of rotatable bonds is 13. The predicted molar refractivity (Wildman–Crippen MR) is 140 cm³/mol. The van der Waals surface area contributed by atoms with E-state index in [1.165, 1.54) is 0 Å². The van der Waals surface area contributed by atoms with Gasteiger partial charge in [-0.2, -0.15) is 0 Å². The van der Waals surface area contributed by atoms with E-state index in [0.717, 1.165) is 49.3 Å². The fourth-order valence-electron chi connectivity index (χ4n) is 4.73. The Kier molecular flexibility index (Phi) is 9.31. The van der Waals surface area contributed by atoms with Gasteiger partial charge in [-0.25, -0.2) is 0 Å². The van der Waals surface area contributed by atoms with Crippen LogP contribution in [0, 0.1) is 0 Å².